The molecule has 29 heavy (non-hydrogen) atoms. The highest BCUT2D eigenvalue weighted by atomic mass is 16.2. The molecule has 3 aromatic rings. The average Bonchev–Trinajstić information content (AvgIpc) is 2.77. The van der Waals surface area contributed by atoms with Gasteiger partial charge in [-0.05, 0) is 24.3 Å². The van der Waals surface area contributed by atoms with Crippen LogP contribution in [0.4, 0.5) is 0 Å². The molecule has 146 valence electrons. The third kappa shape index (κ3) is 3.89. The zero-order chi connectivity index (χ0) is 20.2. The predicted octanol–water partition coefficient (Wildman–Crippen LogP) is 1.88. The van der Waals surface area contributed by atoms with E-state index in [0.717, 1.165) is 0 Å². The van der Waals surface area contributed by atoms with Gasteiger partial charge < -0.3 is 4.90 Å². The van der Waals surface area contributed by atoms with Crippen LogP contribution in [0.25, 0.3) is 10.9 Å². The molecular formula is C22H21N5O2. The summed E-state index contributed by atoms with van der Waals surface area (Å²) in [7, 11) is 0. The number of piperazine rings is 1. The minimum atomic E-state index is -0.190. The van der Waals surface area contributed by atoms with Crippen LogP contribution in [0.5, 0.6) is 0 Å². The maximum Gasteiger partial charge on any atom is 0.262 e. The number of carbonyl (C=O) groups is 1. The summed E-state index contributed by atoms with van der Waals surface area (Å²) in [6, 6.07) is 18.5. The van der Waals surface area contributed by atoms with Crippen LogP contribution in [-0.4, -0.2) is 51.4 Å². The van der Waals surface area contributed by atoms with Crippen LogP contribution < -0.4 is 5.56 Å². The first-order valence-electron chi connectivity index (χ1n) is 9.59. The summed E-state index contributed by atoms with van der Waals surface area (Å²) in [5, 5.41) is 9.67. The van der Waals surface area contributed by atoms with Crippen molar-refractivity contribution in [3.8, 4) is 6.07 Å². The Balaban J connectivity index is 1.50. The Labute approximate surface area is 168 Å². The van der Waals surface area contributed by atoms with Gasteiger partial charge in [-0.1, -0.05) is 30.3 Å². The number of amides is 1. The van der Waals surface area contributed by atoms with Crippen LogP contribution in [0.2, 0.25) is 0 Å². The molecule has 0 aliphatic carbocycles. The number of fused-ring (bicyclic) bond motifs is 1. The summed E-state index contributed by atoms with van der Waals surface area (Å²) >= 11 is 0. The van der Waals surface area contributed by atoms with Gasteiger partial charge >= 0.3 is 0 Å². The van der Waals surface area contributed by atoms with Gasteiger partial charge in [0.2, 0.25) is 0 Å². The molecular weight excluding hydrogens is 366 g/mol. The Morgan fingerprint density at radius 3 is 2.41 bits per heavy atom. The van der Waals surface area contributed by atoms with Gasteiger partial charge in [0, 0.05) is 31.7 Å². The van der Waals surface area contributed by atoms with Crippen LogP contribution in [0, 0.1) is 11.3 Å². The Morgan fingerprint density at radius 1 is 1.00 bits per heavy atom. The number of para-hydroxylation sites is 1. The van der Waals surface area contributed by atoms with E-state index in [1.165, 1.54) is 4.57 Å². The molecule has 0 spiro atoms. The monoisotopic (exact) mass is 387 g/mol. The lowest BCUT2D eigenvalue weighted by Gasteiger charge is -2.34. The average molecular weight is 387 g/mol. The van der Waals surface area contributed by atoms with E-state index in [1.54, 1.807) is 12.1 Å². The maximum atomic E-state index is 12.8. The second kappa shape index (κ2) is 8.25. The molecule has 0 N–H and O–H groups in total. The van der Waals surface area contributed by atoms with Crippen LogP contribution in [0.1, 0.15) is 16.2 Å². The fourth-order valence-corrected chi connectivity index (χ4v) is 3.64. The number of hydrogen-bond acceptors (Lipinski definition) is 5. The van der Waals surface area contributed by atoms with Gasteiger partial charge in [0.15, 0.2) is 0 Å². The van der Waals surface area contributed by atoms with Crippen LogP contribution in [-0.2, 0) is 13.1 Å². The van der Waals surface area contributed by atoms with E-state index in [9.17, 15) is 9.59 Å². The molecule has 0 radical (unpaired) electrons. The molecule has 1 aliphatic rings. The molecule has 0 unspecified atom stereocenters. The van der Waals surface area contributed by atoms with Crippen LogP contribution >= 0.6 is 0 Å². The van der Waals surface area contributed by atoms with Gasteiger partial charge in [0.25, 0.3) is 11.5 Å². The normalized spacial score (nSPS) is 14.7. The van der Waals surface area contributed by atoms with Crippen molar-refractivity contribution in [2.24, 2.45) is 0 Å². The standard InChI is InChI=1S/C22H21N5O2/c23-10-11-27-20(24-19-9-5-4-8-18(19)22(27)29)16-25-12-14-26(15-13-25)21(28)17-6-2-1-3-7-17/h1-9H,11-16H2. The molecule has 7 heteroatoms. The SMILES string of the molecule is N#CCn1c(CN2CCN(C(=O)c3ccccc3)CC2)nc2ccccc2c1=O. The molecule has 0 bridgehead atoms. The van der Waals surface area contributed by atoms with E-state index in [-0.39, 0.29) is 18.0 Å². The maximum absolute atomic E-state index is 12.8. The van der Waals surface area contributed by atoms with Crippen LogP contribution in [0.15, 0.2) is 59.4 Å². The van der Waals surface area contributed by atoms with Gasteiger partial charge in [-0.2, -0.15) is 5.26 Å². The second-order valence-electron chi connectivity index (χ2n) is 7.03. The van der Waals surface area contributed by atoms with Gasteiger partial charge in [-0.25, -0.2) is 4.98 Å². The third-order valence-electron chi connectivity index (χ3n) is 5.21. The summed E-state index contributed by atoms with van der Waals surface area (Å²) in [5.74, 6) is 0.619. The smallest absolute Gasteiger partial charge is 0.262 e. The lowest BCUT2D eigenvalue weighted by Crippen LogP contribution is -2.48. The third-order valence-corrected chi connectivity index (χ3v) is 5.21. The zero-order valence-corrected chi connectivity index (χ0v) is 16.0. The van der Waals surface area contributed by atoms with E-state index < -0.39 is 0 Å². The molecule has 2 aromatic carbocycles. The van der Waals surface area contributed by atoms with Crippen molar-refractivity contribution >= 4 is 16.8 Å². The Bertz CT molecular complexity index is 1130. The summed E-state index contributed by atoms with van der Waals surface area (Å²) in [6.07, 6.45) is 0. The van der Waals surface area contributed by atoms with Crippen molar-refractivity contribution in [1.29, 1.82) is 5.26 Å². The lowest BCUT2D eigenvalue weighted by molar-refractivity contribution is 0.0624. The van der Waals surface area contributed by atoms with E-state index in [2.05, 4.69) is 16.0 Å². The first-order chi connectivity index (χ1) is 14.2. The molecule has 1 fully saturated rings. The first kappa shape index (κ1) is 18.8. The van der Waals surface area contributed by atoms with Gasteiger partial charge in [-0.15, -0.1) is 0 Å². The highest BCUT2D eigenvalue weighted by molar-refractivity contribution is 5.94. The predicted molar refractivity (Wildman–Crippen MR) is 109 cm³/mol. The lowest BCUT2D eigenvalue weighted by atomic mass is 10.2. The molecule has 0 atom stereocenters. The summed E-state index contributed by atoms with van der Waals surface area (Å²) in [6.45, 7) is 3.04. The molecule has 7 nitrogen and oxygen atoms in total. The van der Waals surface area contributed by atoms with Crippen molar-refractivity contribution in [1.82, 2.24) is 19.4 Å². The molecule has 0 saturated carbocycles. The summed E-state index contributed by atoms with van der Waals surface area (Å²) < 4.78 is 1.45. The summed E-state index contributed by atoms with van der Waals surface area (Å²) in [4.78, 5) is 34.0. The topological polar surface area (TPSA) is 82.2 Å². The molecule has 1 aliphatic heterocycles. The molecule has 2 heterocycles. The number of carbonyl (C=O) groups excluding carboxylic acids is 1. The fourth-order valence-electron chi connectivity index (χ4n) is 3.64. The summed E-state index contributed by atoms with van der Waals surface area (Å²) in [5.41, 5.74) is 1.14. The van der Waals surface area contributed by atoms with Crippen molar-refractivity contribution in [3.63, 3.8) is 0 Å². The highest BCUT2D eigenvalue weighted by Gasteiger charge is 2.23. The van der Waals surface area contributed by atoms with E-state index in [1.807, 2.05) is 47.4 Å². The number of benzene rings is 2. The van der Waals surface area contributed by atoms with Gasteiger partial charge in [0.1, 0.15) is 12.4 Å². The zero-order valence-electron chi connectivity index (χ0n) is 16.0. The number of hydrogen-bond donors (Lipinski definition) is 0. The Kier molecular flexibility index (Phi) is 5.36. The first-order valence-corrected chi connectivity index (χ1v) is 9.59. The van der Waals surface area contributed by atoms with Crippen molar-refractivity contribution < 1.29 is 4.79 Å². The fraction of sp³-hybridized carbons (Fsp3) is 0.273. The van der Waals surface area contributed by atoms with Gasteiger partial charge in [0.05, 0.1) is 23.5 Å². The number of nitriles is 1. The molecule has 1 saturated heterocycles. The van der Waals surface area contributed by atoms with Crippen molar-refractivity contribution in [3.05, 3.63) is 76.3 Å². The van der Waals surface area contributed by atoms with Gasteiger partial charge in [-0.3, -0.25) is 19.1 Å². The minimum Gasteiger partial charge on any atom is -0.336 e. The van der Waals surface area contributed by atoms with E-state index in [0.29, 0.717) is 55.0 Å². The number of rotatable bonds is 4. The Hall–Kier alpha value is -3.50. The van der Waals surface area contributed by atoms with E-state index >= 15 is 0 Å². The highest BCUT2D eigenvalue weighted by Crippen LogP contribution is 2.13. The second-order valence-corrected chi connectivity index (χ2v) is 7.03. The molecule has 1 amide bonds. The van der Waals surface area contributed by atoms with Crippen molar-refractivity contribution in [2.45, 2.75) is 13.1 Å². The molecule has 4 rings (SSSR count). The molecule has 1 aromatic heterocycles. The Morgan fingerprint density at radius 2 is 1.69 bits per heavy atom. The van der Waals surface area contributed by atoms with E-state index in [4.69, 9.17) is 5.26 Å². The van der Waals surface area contributed by atoms with Crippen LogP contribution in [0.3, 0.4) is 0 Å². The minimum absolute atomic E-state index is 0.0293. The number of nitrogens with zero attached hydrogens (tertiary/aromatic N) is 5. The number of aromatic nitrogens is 2. The van der Waals surface area contributed by atoms with Crippen molar-refractivity contribution in [2.75, 3.05) is 26.2 Å². The quantitative estimate of drug-likeness (QED) is 0.683. The largest absolute Gasteiger partial charge is 0.336 e.